The number of ether oxygens (including phenoxy) is 2. The maximum Gasteiger partial charge on any atom is 0.408 e. The first-order valence-corrected chi connectivity index (χ1v) is 22.6. The number of carbonyl (C=O) groups is 7. The Hall–Kier alpha value is -7.69. The molecular formula is C51H58N8O9. The van der Waals surface area contributed by atoms with Crippen molar-refractivity contribution in [1.82, 2.24) is 25.4 Å². The minimum absolute atomic E-state index is 0.178. The molecule has 356 valence electrons. The third-order valence-electron chi connectivity index (χ3n) is 11.5. The zero-order valence-electron chi connectivity index (χ0n) is 39.0. The predicted molar refractivity (Wildman–Crippen MR) is 256 cm³/mol. The molecule has 68 heavy (non-hydrogen) atoms. The zero-order chi connectivity index (χ0) is 48.9. The Morgan fingerprint density at radius 2 is 1.06 bits per heavy atom. The van der Waals surface area contributed by atoms with Gasteiger partial charge in [-0.1, -0.05) is 72.8 Å². The lowest BCUT2D eigenvalue weighted by Crippen LogP contribution is -2.49. The number of aromatic nitrogens is 1. The van der Waals surface area contributed by atoms with E-state index in [9.17, 15) is 33.6 Å². The second-order valence-corrected chi connectivity index (χ2v) is 18.9. The van der Waals surface area contributed by atoms with E-state index in [0.717, 1.165) is 0 Å². The molecule has 7 rings (SSSR count). The Bertz CT molecular complexity index is 2690. The first kappa shape index (κ1) is 48.2. The molecule has 7 amide bonds. The molecule has 7 N–H and O–H groups in total. The van der Waals surface area contributed by atoms with Crippen molar-refractivity contribution in [1.29, 1.82) is 0 Å². The minimum Gasteiger partial charge on any atom is -0.444 e. The third kappa shape index (κ3) is 11.5. The number of amides is 7. The summed E-state index contributed by atoms with van der Waals surface area (Å²) >= 11 is 0. The zero-order valence-corrected chi connectivity index (χ0v) is 39.0. The van der Waals surface area contributed by atoms with Crippen molar-refractivity contribution in [3.8, 4) is 11.3 Å². The number of carbonyl (C=O) groups excluding carboxylic acids is 7. The number of hydrogen-bond acceptors (Lipinski definition) is 9. The molecule has 0 spiro atoms. The molecule has 2 fully saturated rings. The van der Waals surface area contributed by atoms with Gasteiger partial charge in [0.15, 0.2) is 0 Å². The lowest BCUT2D eigenvalue weighted by Gasteiger charge is -2.29. The van der Waals surface area contributed by atoms with Gasteiger partial charge in [-0.25, -0.2) is 9.59 Å². The van der Waals surface area contributed by atoms with Crippen LogP contribution in [0, 0.1) is 0 Å². The van der Waals surface area contributed by atoms with E-state index in [1.165, 1.54) is 9.80 Å². The molecule has 2 aliphatic rings. The van der Waals surface area contributed by atoms with Crippen LogP contribution in [0.4, 0.5) is 21.0 Å². The number of likely N-dealkylation sites (tertiary alicyclic amines) is 2. The standard InChI is InChI=1S/C51H58N8O9/c1-50(2,3)67-48(65)56-41(30-15-9-7-10-16-30)46(63)58-27-13-19-37(58)44(61)53-33-23-21-32(22-24-33)40-39(43(52)60)35-29-34(25-26-36(35)55-40)54-45(62)38-20-14-28-59(38)47(64)42(31-17-11-8-12-18-31)57-49(66)68-51(4,5)6/h7-12,15-18,21-26,29,37-38,41-42,55H,13-14,19-20,27-28H2,1-6H3,(H2,52,60)(H,53,61)(H,54,62)(H,56,65)(H,57,66)/t37-,38-,41+,42+/m0/s1. The van der Waals surface area contributed by atoms with E-state index in [1.54, 1.807) is 145 Å². The highest BCUT2D eigenvalue weighted by atomic mass is 16.6. The van der Waals surface area contributed by atoms with Gasteiger partial charge in [-0.2, -0.15) is 0 Å². The summed E-state index contributed by atoms with van der Waals surface area (Å²) in [7, 11) is 0. The van der Waals surface area contributed by atoms with Crippen LogP contribution in [-0.2, 0) is 28.7 Å². The van der Waals surface area contributed by atoms with E-state index >= 15 is 0 Å². The molecule has 0 unspecified atom stereocenters. The molecular weight excluding hydrogens is 869 g/mol. The maximum absolute atomic E-state index is 14.1. The summed E-state index contributed by atoms with van der Waals surface area (Å²) < 4.78 is 10.9. The molecule has 17 heteroatoms. The van der Waals surface area contributed by atoms with Crippen LogP contribution >= 0.6 is 0 Å². The average Bonchev–Trinajstić information content (AvgIpc) is 4.06. The topological polar surface area (TPSA) is 234 Å². The first-order chi connectivity index (χ1) is 32.3. The molecule has 4 aromatic carbocycles. The van der Waals surface area contributed by atoms with E-state index in [-0.39, 0.29) is 5.56 Å². The summed E-state index contributed by atoms with van der Waals surface area (Å²) in [5.74, 6) is -2.45. The Labute approximate surface area is 394 Å². The number of aromatic amines is 1. The van der Waals surface area contributed by atoms with Crippen molar-refractivity contribution in [3.63, 3.8) is 0 Å². The highest BCUT2D eigenvalue weighted by Gasteiger charge is 2.40. The third-order valence-corrected chi connectivity index (χ3v) is 11.5. The summed E-state index contributed by atoms with van der Waals surface area (Å²) in [4.78, 5) is 101. The summed E-state index contributed by atoms with van der Waals surface area (Å²) in [6.45, 7) is 11.0. The summed E-state index contributed by atoms with van der Waals surface area (Å²) in [5.41, 5.74) is 8.05. The first-order valence-electron chi connectivity index (χ1n) is 22.6. The number of nitrogens with one attached hydrogen (secondary N) is 5. The fourth-order valence-electron chi connectivity index (χ4n) is 8.57. The van der Waals surface area contributed by atoms with E-state index in [0.29, 0.717) is 83.4 Å². The second-order valence-electron chi connectivity index (χ2n) is 18.9. The second kappa shape index (κ2) is 20.0. The van der Waals surface area contributed by atoms with Crippen LogP contribution in [0.1, 0.15) is 101 Å². The van der Waals surface area contributed by atoms with Crippen molar-refractivity contribution in [2.75, 3.05) is 23.7 Å². The van der Waals surface area contributed by atoms with Crippen LogP contribution in [0.15, 0.2) is 103 Å². The van der Waals surface area contributed by atoms with Crippen LogP contribution < -0.4 is 27.0 Å². The number of primary amides is 1. The summed E-state index contributed by atoms with van der Waals surface area (Å²) in [6, 6.07) is 25.5. The molecule has 2 aliphatic heterocycles. The fraction of sp³-hybridized carbons (Fsp3) is 0.353. The van der Waals surface area contributed by atoms with E-state index in [4.69, 9.17) is 15.2 Å². The highest BCUT2D eigenvalue weighted by molar-refractivity contribution is 6.13. The van der Waals surface area contributed by atoms with E-state index in [1.807, 2.05) is 0 Å². The van der Waals surface area contributed by atoms with Gasteiger partial charge in [0, 0.05) is 35.4 Å². The Balaban J connectivity index is 1.04. The van der Waals surface area contributed by atoms with Crippen molar-refractivity contribution in [3.05, 3.63) is 120 Å². The van der Waals surface area contributed by atoms with Crippen LogP contribution in [0.3, 0.4) is 0 Å². The van der Waals surface area contributed by atoms with Crippen LogP contribution in [0.5, 0.6) is 0 Å². The number of benzene rings is 4. The number of rotatable bonds is 12. The van der Waals surface area contributed by atoms with E-state index in [2.05, 4.69) is 26.3 Å². The van der Waals surface area contributed by atoms with Crippen LogP contribution in [-0.4, -0.2) is 92.9 Å². The SMILES string of the molecule is CC(C)(C)OC(=O)N[C@@H](C(=O)N1CCC[C@H]1C(=O)Nc1ccc(-c2[nH]c3ccc(NC(=O)[C@@H]4CCCN4C(=O)[C@H](NC(=O)OC(C)(C)C)c4ccccc4)cc3c2C(N)=O)cc1)c1ccccc1. The van der Waals surface area contributed by atoms with Crippen molar-refractivity contribution in [2.24, 2.45) is 5.73 Å². The van der Waals surface area contributed by atoms with Gasteiger partial charge in [0.1, 0.15) is 35.4 Å². The Kier molecular flexibility index (Phi) is 14.2. The number of anilines is 2. The lowest BCUT2D eigenvalue weighted by molar-refractivity contribution is -0.138. The van der Waals surface area contributed by atoms with E-state index < -0.39 is 77.1 Å². The number of H-pyrrole nitrogens is 1. The summed E-state index contributed by atoms with van der Waals surface area (Å²) in [5, 5.41) is 11.7. The molecule has 2 saturated heterocycles. The molecule has 5 aromatic rings. The summed E-state index contributed by atoms with van der Waals surface area (Å²) in [6.07, 6.45) is 0.439. The molecule has 0 saturated carbocycles. The van der Waals surface area contributed by atoms with Crippen molar-refractivity contribution in [2.45, 2.75) is 103 Å². The average molecular weight is 927 g/mol. The number of nitrogens with two attached hydrogens (primary N) is 1. The number of hydrogen-bond donors (Lipinski definition) is 6. The minimum atomic E-state index is -1.10. The number of nitrogens with zero attached hydrogens (tertiary/aromatic N) is 2. The van der Waals surface area contributed by atoms with Crippen molar-refractivity contribution < 1.29 is 43.0 Å². The number of fused-ring (bicyclic) bond motifs is 1. The van der Waals surface area contributed by atoms with Gasteiger partial charge in [0.05, 0.1) is 11.3 Å². The maximum atomic E-state index is 14.1. The van der Waals surface area contributed by atoms with Gasteiger partial charge in [-0.15, -0.1) is 0 Å². The largest absolute Gasteiger partial charge is 0.444 e. The Morgan fingerprint density at radius 1 is 0.618 bits per heavy atom. The molecule has 3 heterocycles. The smallest absolute Gasteiger partial charge is 0.408 e. The Morgan fingerprint density at radius 3 is 1.50 bits per heavy atom. The van der Waals surface area contributed by atoms with Crippen molar-refractivity contribution >= 4 is 64.0 Å². The molecule has 17 nitrogen and oxygen atoms in total. The quantitative estimate of drug-likeness (QED) is 0.0734. The normalized spacial score (nSPS) is 16.9. The fourth-order valence-corrected chi connectivity index (χ4v) is 8.57. The molecule has 0 aliphatic carbocycles. The van der Waals surface area contributed by atoms with Gasteiger partial charge in [0.25, 0.3) is 17.7 Å². The highest BCUT2D eigenvalue weighted by Crippen LogP contribution is 2.34. The predicted octanol–water partition coefficient (Wildman–Crippen LogP) is 7.32. The van der Waals surface area contributed by atoms with Crippen LogP contribution in [0.2, 0.25) is 0 Å². The van der Waals surface area contributed by atoms with Crippen LogP contribution in [0.25, 0.3) is 22.2 Å². The molecule has 0 radical (unpaired) electrons. The van der Waals surface area contributed by atoms with Gasteiger partial charge in [0.2, 0.25) is 11.8 Å². The van der Waals surface area contributed by atoms with Gasteiger partial charge < -0.3 is 51.3 Å². The van der Waals surface area contributed by atoms with Gasteiger partial charge in [-0.3, -0.25) is 24.0 Å². The lowest BCUT2D eigenvalue weighted by atomic mass is 10.0. The number of alkyl carbamates (subject to hydrolysis) is 2. The molecule has 1 aromatic heterocycles. The monoisotopic (exact) mass is 926 g/mol. The molecule has 0 bridgehead atoms. The molecule has 4 atom stereocenters. The van der Waals surface area contributed by atoms with Gasteiger partial charge >= 0.3 is 12.2 Å². The van der Waals surface area contributed by atoms with Gasteiger partial charge in [-0.05, 0) is 114 Å².